The van der Waals surface area contributed by atoms with Crippen molar-refractivity contribution in [3.63, 3.8) is 0 Å². The van der Waals surface area contributed by atoms with Crippen LogP contribution in [-0.4, -0.2) is 106 Å². The number of imidazole rings is 1. The number of aliphatic imine (C=N–C) groups is 1. The van der Waals surface area contributed by atoms with E-state index in [4.69, 9.17) is 10.7 Å². The van der Waals surface area contributed by atoms with E-state index >= 15 is 9.90 Å². The minimum absolute atomic E-state index is 0.0972. The Hall–Kier alpha value is -2.17. The molecule has 406 valence electrons. The molecule has 8 saturated carbocycles. The third-order valence-electron chi connectivity index (χ3n) is 24.2. The highest BCUT2D eigenvalue weighted by Gasteiger charge is 2.77. The van der Waals surface area contributed by atoms with Crippen LogP contribution >= 0.6 is 21.6 Å². The standard InChI is InChI=1S/C60H87N5O7S2/c1-32(67)64-54(61)63-28-35-25-58(30-66)41-23-47(60(58,72)43-22-44(68)42-21-45(69)46(70)27-56(42,4)50(35)43)59(15-5-6-16-59)74-73-29-37(65-18-17-62-31-65)26-55(2,3)52-40-19-33-12-13-36-10-8-14-57(36,24-33)51(40)38-11-7-9-34-20-39(41)53(71)49(52)48(34)38/h17-18,22,31-37,39,41-42,45-47,49-51,53,66-67,69-72H,5-16,19-21,23-30H2,1-4H3,(H3,61,63,64). The second-order valence-corrected chi connectivity index (χ2v) is 30.7. The van der Waals surface area contributed by atoms with Crippen molar-refractivity contribution in [2.45, 2.75) is 197 Å². The molecule has 1 aliphatic heterocycles. The molecule has 11 aliphatic carbocycles. The van der Waals surface area contributed by atoms with Crippen molar-refractivity contribution in [1.29, 1.82) is 0 Å². The molecule has 12 aliphatic rings. The summed E-state index contributed by atoms with van der Waals surface area (Å²) in [5, 5.41) is 78.2. The number of hydrogen-bond donors (Lipinski definition) is 8. The second-order valence-electron chi connectivity index (χ2n) is 28.0. The molecule has 2 spiro atoms. The summed E-state index contributed by atoms with van der Waals surface area (Å²) >= 11 is 0. The molecule has 1 aromatic rings. The number of ketones is 1. The molecule has 20 unspecified atom stereocenters. The van der Waals surface area contributed by atoms with Crippen LogP contribution in [-0.2, 0) is 4.79 Å². The van der Waals surface area contributed by atoms with Crippen molar-refractivity contribution in [3.05, 3.63) is 52.7 Å². The Morgan fingerprint density at radius 3 is 2.54 bits per heavy atom. The summed E-state index contributed by atoms with van der Waals surface area (Å²) in [5.41, 5.74) is 10.2. The van der Waals surface area contributed by atoms with Gasteiger partial charge in [-0.2, -0.15) is 0 Å². The molecule has 12 nitrogen and oxygen atoms in total. The van der Waals surface area contributed by atoms with Crippen molar-refractivity contribution in [2.75, 3.05) is 18.9 Å². The zero-order chi connectivity index (χ0) is 51.5. The van der Waals surface area contributed by atoms with E-state index in [0.29, 0.717) is 41.6 Å². The second kappa shape index (κ2) is 18.2. The first-order valence-electron chi connectivity index (χ1n) is 29.5. The normalized spacial score (nSPS) is 48.5. The van der Waals surface area contributed by atoms with E-state index in [-0.39, 0.29) is 83.5 Å². The molecule has 20 atom stereocenters. The van der Waals surface area contributed by atoms with E-state index in [1.807, 2.05) is 34.1 Å². The molecular weight excluding hydrogens is 967 g/mol. The smallest absolute Gasteiger partial charge is 0.190 e. The van der Waals surface area contributed by atoms with Gasteiger partial charge in [0.05, 0.1) is 36.8 Å². The van der Waals surface area contributed by atoms with Gasteiger partial charge in [-0.3, -0.25) is 9.79 Å². The number of hydrogen-bond acceptors (Lipinski definition) is 11. The third kappa shape index (κ3) is 7.24. The first-order valence-corrected chi connectivity index (χ1v) is 31.8. The molecule has 0 radical (unpaired) electrons. The van der Waals surface area contributed by atoms with E-state index in [1.165, 1.54) is 44.1 Å². The predicted octanol–water partition coefficient (Wildman–Crippen LogP) is 8.43. The lowest BCUT2D eigenvalue weighted by atomic mass is 9.41. The van der Waals surface area contributed by atoms with Crippen LogP contribution in [0.15, 0.2) is 57.7 Å². The molecule has 0 amide bonds. The highest BCUT2D eigenvalue weighted by molar-refractivity contribution is 8.77. The number of nitrogens with two attached hydrogens (primary N) is 1. The van der Waals surface area contributed by atoms with Crippen LogP contribution in [0, 0.1) is 86.8 Å². The SMILES string of the molecule is CC(O)NC(N)=NCC1CC2(CO)C3CC(C4(CCCC4)SSCC(n4ccnc4)CC(C)(C)C4=C5CC6CCC7CCCC7(C6)C5C5=C6C(CCC5)CC3C(O)C64)C2(O)C2=CC(=O)C3CC(O)C(O)CC3(C)C21. The first kappa shape index (κ1) is 51.3. The van der Waals surface area contributed by atoms with E-state index < -0.39 is 52.8 Å². The lowest BCUT2D eigenvalue weighted by Gasteiger charge is -2.65. The minimum Gasteiger partial charge on any atom is -0.396 e. The molecule has 1 aromatic heterocycles. The Bertz CT molecular complexity index is 2520. The summed E-state index contributed by atoms with van der Waals surface area (Å²) in [7, 11) is 3.91. The van der Waals surface area contributed by atoms with Crippen LogP contribution in [0.25, 0.3) is 0 Å². The molecule has 74 heavy (non-hydrogen) atoms. The van der Waals surface area contributed by atoms with Gasteiger partial charge in [0.15, 0.2) is 11.7 Å². The maximum absolute atomic E-state index is 15.1. The van der Waals surface area contributed by atoms with Gasteiger partial charge in [0, 0.05) is 64.6 Å². The van der Waals surface area contributed by atoms with E-state index in [0.717, 1.165) is 75.9 Å². The number of allylic oxidation sites excluding steroid dienone is 3. The zero-order valence-electron chi connectivity index (χ0n) is 44.6. The molecule has 14 heteroatoms. The van der Waals surface area contributed by atoms with E-state index in [1.54, 1.807) is 29.7 Å². The largest absolute Gasteiger partial charge is 0.396 e. The number of fused-ring (bicyclic) bond motifs is 15. The molecular formula is C60H87N5O7S2. The zero-order valence-corrected chi connectivity index (χ0v) is 46.3. The van der Waals surface area contributed by atoms with Crippen molar-refractivity contribution in [3.8, 4) is 0 Å². The van der Waals surface area contributed by atoms with Crippen LogP contribution in [0.1, 0.15) is 162 Å². The van der Waals surface area contributed by atoms with Gasteiger partial charge in [-0.1, -0.05) is 83.9 Å². The molecule has 0 aromatic carbocycles. The first-order chi connectivity index (χ1) is 35.4. The third-order valence-corrected chi connectivity index (χ3v) is 27.6. The number of rotatable bonds is 5. The van der Waals surface area contributed by atoms with Crippen molar-refractivity contribution >= 4 is 33.3 Å². The van der Waals surface area contributed by atoms with Crippen LogP contribution in [0.4, 0.5) is 0 Å². The Balaban J connectivity index is 1.03. The molecule has 9 fully saturated rings. The van der Waals surface area contributed by atoms with Crippen LogP contribution in [0.5, 0.6) is 0 Å². The fourth-order valence-electron chi connectivity index (χ4n) is 21.9. The number of nitrogens with zero attached hydrogens (tertiary/aromatic N) is 3. The number of aliphatic hydroxyl groups excluding tert-OH is 5. The Kier molecular flexibility index (Phi) is 12.6. The van der Waals surface area contributed by atoms with Gasteiger partial charge in [0.1, 0.15) is 6.23 Å². The monoisotopic (exact) mass is 1050 g/mol. The quantitative estimate of drug-likeness (QED) is 0.0460. The Morgan fingerprint density at radius 1 is 0.973 bits per heavy atom. The number of carbonyl (C=O) groups is 1. The van der Waals surface area contributed by atoms with E-state index in [9.17, 15) is 25.5 Å². The summed E-state index contributed by atoms with van der Waals surface area (Å²) in [6.07, 6.45) is 23.7. The van der Waals surface area contributed by atoms with Gasteiger partial charge < -0.3 is 46.3 Å². The summed E-state index contributed by atoms with van der Waals surface area (Å²) in [6, 6.07) is 0.142. The summed E-state index contributed by atoms with van der Waals surface area (Å²) < 4.78 is 1.96. The van der Waals surface area contributed by atoms with Gasteiger partial charge in [0.2, 0.25) is 0 Å². The van der Waals surface area contributed by atoms with Crippen LogP contribution < -0.4 is 11.1 Å². The van der Waals surface area contributed by atoms with Crippen LogP contribution in [0.2, 0.25) is 0 Å². The van der Waals surface area contributed by atoms with Gasteiger partial charge in [0.25, 0.3) is 0 Å². The number of aliphatic hydroxyl groups is 6. The molecule has 2 heterocycles. The number of guanidine groups is 1. The fraction of sp³-hybridized carbons (Fsp3) is 0.817. The maximum atomic E-state index is 15.1. The Labute approximate surface area is 447 Å². The van der Waals surface area contributed by atoms with Gasteiger partial charge in [-0.25, -0.2) is 4.98 Å². The van der Waals surface area contributed by atoms with Gasteiger partial charge in [-0.05, 0) is 185 Å². The average Bonchev–Trinajstić information content (AvgIpc) is 4.26. The van der Waals surface area contributed by atoms with Gasteiger partial charge in [-0.15, -0.1) is 0 Å². The summed E-state index contributed by atoms with van der Waals surface area (Å²) in [4.78, 5) is 24.7. The lowest BCUT2D eigenvalue weighted by Crippen LogP contribution is -2.68. The average molecular weight is 1050 g/mol. The predicted molar refractivity (Wildman–Crippen MR) is 290 cm³/mol. The van der Waals surface area contributed by atoms with Crippen molar-refractivity contribution in [2.24, 2.45) is 97.5 Å². The van der Waals surface area contributed by atoms with Crippen molar-refractivity contribution < 1.29 is 35.4 Å². The van der Waals surface area contributed by atoms with Crippen molar-refractivity contribution in [1.82, 2.24) is 14.9 Å². The highest BCUT2D eigenvalue weighted by Crippen LogP contribution is 2.78. The number of carbonyl (C=O) groups excluding carboxylic acids is 1. The minimum atomic E-state index is -1.63. The molecule has 1 saturated heterocycles. The highest BCUT2D eigenvalue weighted by atomic mass is 33.1. The topological polar surface area (TPSA) is 207 Å². The lowest BCUT2D eigenvalue weighted by molar-refractivity contribution is -0.188. The molecule has 6 bridgehead atoms. The number of nitrogens with one attached hydrogen (secondary N) is 1. The molecule has 9 N–H and O–H groups in total. The van der Waals surface area contributed by atoms with Crippen LogP contribution in [0.3, 0.4) is 0 Å². The summed E-state index contributed by atoms with van der Waals surface area (Å²) in [6.45, 7) is 8.65. The maximum Gasteiger partial charge on any atom is 0.190 e. The fourth-order valence-corrected chi connectivity index (χ4v) is 25.8. The van der Waals surface area contributed by atoms with E-state index in [2.05, 4.69) is 41.8 Å². The molecule has 13 rings (SSSR count). The van der Waals surface area contributed by atoms with Gasteiger partial charge >= 0.3 is 0 Å². The summed E-state index contributed by atoms with van der Waals surface area (Å²) in [5.74, 6) is 0.770. The number of aromatic nitrogens is 2. The Morgan fingerprint density at radius 2 is 1.78 bits per heavy atom.